The van der Waals surface area contributed by atoms with Gasteiger partial charge in [0.25, 0.3) is 0 Å². The molecule has 1 fully saturated rings. The molecule has 4 heterocycles. The van der Waals surface area contributed by atoms with E-state index in [1.165, 1.54) is 0 Å². The van der Waals surface area contributed by atoms with Gasteiger partial charge in [0.1, 0.15) is 11.4 Å². The molecule has 0 unspecified atom stereocenters. The molecule has 0 N–H and O–H groups in total. The highest BCUT2D eigenvalue weighted by Gasteiger charge is 2.16. The van der Waals surface area contributed by atoms with Gasteiger partial charge in [0, 0.05) is 60.5 Å². The predicted octanol–water partition coefficient (Wildman–Crippen LogP) is 4.13. The third kappa shape index (κ3) is 4.49. The summed E-state index contributed by atoms with van der Waals surface area (Å²) in [5.74, 6) is 0.864. The van der Waals surface area contributed by atoms with Gasteiger partial charge in [-0.2, -0.15) is 8.78 Å². The molecule has 0 aliphatic carbocycles. The highest BCUT2D eigenvalue weighted by atomic mass is 19.3. The molecule has 0 bridgehead atoms. The number of fused-ring (bicyclic) bond motifs is 1. The number of aryl methyl sites for hydroxylation is 1. The molecule has 1 aromatic carbocycles. The zero-order valence-electron chi connectivity index (χ0n) is 18.1. The second-order valence-electron chi connectivity index (χ2n) is 7.82. The number of benzene rings is 1. The Morgan fingerprint density at radius 1 is 1.03 bits per heavy atom. The van der Waals surface area contributed by atoms with Gasteiger partial charge in [0.15, 0.2) is 0 Å². The quantitative estimate of drug-likeness (QED) is 0.439. The Kier molecular flexibility index (Phi) is 5.87. The maximum absolute atomic E-state index is 12.8. The summed E-state index contributed by atoms with van der Waals surface area (Å²) in [5.41, 5.74) is 5.01. The first-order valence-electron chi connectivity index (χ1n) is 10.7. The third-order valence-electron chi connectivity index (χ3n) is 5.73. The van der Waals surface area contributed by atoms with Crippen LogP contribution in [0.1, 0.15) is 17.0 Å². The summed E-state index contributed by atoms with van der Waals surface area (Å²) in [4.78, 5) is 15.8. The van der Waals surface area contributed by atoms with Crippen LogP contribution in [0.25, 0.3) is 16.8 Å². The SMILES string of the molecule is Cc1nc2ccc(-c3cnc(N4CCOCC4)nc3)cn2c1Cc1ccccc1OC(F)F. The molecule has 170 valence electrons. The maximum Gasteiger partial charge on any atom is 0.387 e. The highest BCUT2D eigenvalue weighted by molar-refractivity contribution is 5.64. The van der Waals surface area contributed by atoms with Crippen LogP contribution in [-0.4, -0.2) is 52.3 Å². The molecule has 0 atom stereocenters. The van der Waals surface area contributed by atoms with E-state index in [4.69, 9.17) is 9.47 Å². The Morgan fingerprint density at radius 2 is 1.79 bits per heavy atom. The molecule has 33 heavy (non-hydrogen) atoms. The van der Waals surface area contributed by atoms with Gasteiger partial charge in [-0.25, -0.2) is 15.0 Å². The van der Waals surface area contributed by atoms with Crippen molar-refractivity contribution in [3.05, 3.63) is 71.9 Å². The van der Waals surface area contributed by atoms with Crippen molar-refractivity contribution < 1.29 is 18.3 Å². The van der Waals surface area contributed by atoms with E-state index in [1.807, 2.05) is 48.1 Å². The molecule has 1 aliphatic heterocycles. The predicted molar refractivity (Wildman–Crippen MR) is 120 cm³/mol. The van der Waals surface area contributed by atoms with Crippen LogP contribution >= 0.6 is 0 Å². The largest absolute Gasteiger partial charge is 0.435 e. The minimum Gasteiger partial charge on any atom is -0.435 e. The average molecular weight is 451 g/mol. The summed E-state index contributed by atoms with van der Waals surface area (Å²) >= 11 is 0. The van der Waals surface area contributed by atoms with Crippen molar-refractivity contribution in [2.45, 2.75) is 20.0 Å². The Labute approximate surface area is 189 Å². The molecule has 0 saturated carbocycles. The van der Waals surface area contributed by atoms with Gasteiger partial charge in [-0.1, -0.05) is 18.2 Å². The van der Waals surface area contributed by atoms with Crippen molar-refractivity contribution in [1.29, 1.82) is 0 Å². The minimum atomic E-state index is -2.87. The first kappa shape index (κ1) is 21.3. The molecular weight excluding hydrogens is 428 g/mol. The van der Waals surface area contributed by atoms with Crippen molar-refractivity contribution >= 4 is 11.6 Å². The number of morpholine rings is 1. The Bertz CT molecular complexity index is 1250. The summed E-state index contributed by atoms with van der Waals surface area (Å²) in [7, 11) is 0. The fraction of sp³-hybridized carbons (Fsp3) is 0.292. The number of anilines is 1. The second kappa shape index (κ2) is 9.11. The smallest absolute Gasteiger partial charge is 0.387 e. The zero-order valence-corrected chi connectivity index (χ0v) is 18.1. The number of alkyl halides is 2. The molecule has 0 radical (unpaired) electrons. The molecule has 1 saturated heterocycles. The lowest BCUT2D eigenvalue weighted by molar-refractivity contribution is -0.0503. The number of halogens is 2. The van der Waals surface area contributed by atoms with E-state index in [2.05, 4.69) is 19.9 Å². The summed E-state index contributed by atoms with van der Waals surface area (Å²) in [5, 5.41) is 0. The van der Waals surface area contributed by atoms with Gasteiger partial charge in [0.2, 0.25) is 5.95 Å². The van der Waals surface area contributed by atoms with E-state index in [9.17, 15) is 8.78 Å². The number of nitrogens with zero attached hydrogens (tertiary/aromatic N) is 5. The van der Waals surface area contributed by atoms with Crippen molar-refractivity contribution in [2.75, 3.05) is 31.2 Å². The first-order chi connectivity index (χ1) is 16.1. The molecule has 3 aromatic heterocycles. The van der Waals surface area contributed by atoms with Crippen LogP contribution in [0.15, 0.2) is 55.0 Å². The lowest BCUT2D eigenvalue weighted by Gasteiger charge is -2.26. The molecule has 9 heteroatoms. The lowest BCUT2D eigenvalue weighted by Crippen LogP contribution is -2.37. The Balaban J connectivity index is 1.46. The Hall–Kier alpha value is -3.59. The van der Waals surface area contributed by atoms with Crippen LogP contribution in [0.3, 0.4) is 0 Å². The number of para-hydroxylation sites is 1. The molecule has 4 aromatic rings. The van der Waals surface area contributed by atoms with Crippen molar-refractivity contribution in [2.24, 2.45) is 0 Å². The monoisotopic (exact) mass is 451 g/mol. The zero-order chi connectivity index (χ0) is 22.8. The highest BCUT2D eigenvalue weighted by Crippen LogP contribution is 2.27. The van der Waals surface area contributed by atoms with E-state index < -0.39 is 6.61 Å². The number of ether oxygens (including phenoxy) is 2. The molecule has 5 rings (SSSR count). The fourth-order valence-corrected chi connectivity index (χ4v) is 4.03. The number of imidazole rings is 1. The topological polar surface area (TPSA) is 64.8 Å². The van der Waals surface area contributed by atoms with Crippen molar-refractivity contribution in [3.8, 4) is 16.9 Å². The fourth-order valence-electron chi connectivity index (χ4n) is 4.03. The molecule has 1 aliphatic rings. The van der Waals surface area contributed by atoms with Gasteiger partial charge in [-0.3, -0.25) is 0 Å². The Morgan fingerprint density at radius 3 is 2.55 bits per heavy atom. The van der Waals surface area contributed by atoms with Gasteiger partial charge in [-0.05, 0) is 25.1 Å². The van der Waals surface area contributed by atoms with Crippen LogP contribution < -0.4 is 9.64 Å². The number of pyridine rings is 1. The van der Waals surface area contributed by atoms with E-state index in [-0.39, 0.29) is 5.75 Å². The van der Waals surface area contributed by atoms with E-state index in [1.54, 1.807) is 18.2 Å². The maximum atomic E-state index is 12.8. The standard InChI is InChI=1S/C24H23F2N5O2/c1-16-20(12-17-4-2-3-5-21(17)33-23(25)26)31-15-18(6-7-22(31)29-16)19-13-27-24(28-14-19)30-8-10-32-11-9-30/h2-7,13-15,23H,8-12H2,1H3. The second-order valence-corrected chi connectivity index (χ2v) is 7.82. The number of rotatable bonds is 6. The van der Waals surface area contributed by atoms with Gasteiger partial charge < -0.3 is 18.8 Å². The van der Waals surface area contributed by atoms with Crippen LogP contribution in [0, 0.1) is 6.92 Å². The summed E-state index contributed by atoms with van der Waals surface area (Å²) in [6.45, 7) is 1.95. The van der Waals surface area contributed by atoms with Crippen LogP contribution in [0.2, 0.25) is 0 Å². The van der Waals surface area contributed by atoms with Gasteiger partial charge >= 0.3 is 6.61 Å². The molecule has 0 spiro atoms. The molecule has 7 nitrogen and oxygen atoms in total. The van der Waals surface area contributed by atoms with Crippen molar-refractivity contribution in [3.63, 3.8) is 0 Å². The van der Waals surface area contributed by atoms with Crippen LogP contribution in [-0.2, 0) is 11.2 Å². The summed E-state index contributed by atoms with van der Waals surface area (Å²) in [6, 6.07) is 10.7. The van der Waals surface area contributed by atoms with Crippen LogP contribution in [0.5, 0.6) is 5.75 Å². The number of hydrogen-bond donors (Lipinski definition) is 0. The number of hydrogen-bond acceptors (Lipinski definition) is 6. The first-order valence-corrected chi connectivity index (χ1v) is 10.7. The molecular formula is C24H23F2N5O2. The normalized spacial score (nSPS) is 14.2. The molecule has 0 amide bonds. The van der Waals surface area contributed by atoms with Gasteiger partial charge in [0.05, 0.1) is 18.9 Å². The number of aromatic nitrogens is 4. The van der Waals surface area contributed by atoms with Crippen molar-refractivity contribution in [1.82, 2.24) is 19.4 Å². The average Bonchev–Trinajstić information content (AvgIpc) is 3.15. The van der Waals surface area contributed by atoms with Gasteiger partial charge in [-0.15, -0.1) is 0 Å². The minimum absolute atomic E-state index is 0.171. The van der Waals surface area contributed by atoms with E-state index in [0.717, 1.165) is 41.3 Å². The lowest BCUT2D eigenvalue weighted by atomic mass is 10.1. The summed E-state index contributed by atoms with van der Waals surface area (Å²) in [6.07, 6.45) is 6.02. The van der Waals surface area contributed by atoms with Crippen LogP contribution in [0.4, 0.5) is 14.7 Å². The summed E-state index contributed by atoms with van der Waals surface area (Å²) < 4.78 is 37.8. The third-order valence-corrected chi connectivity index (χ3v) is 5.73. The van der Waals surface area contributed by atoms with E-state index in [0.29, 0.717) is 31.1 Å². The van der Waals surface area contributed by atoms with E-state index >= 15 is 0 Å².